The van der Waals surface area contributed by atoms with Gasteiger partial charge in [0, 0.05) is 6.54 Å². The van der Waals surface area contributed by atoms with Crippen molar-refractivity contribution in [2.24, 2.45) is 5.92 Å². The van der Waals surface area contributed by atoms with E-state index in [1.54, 1.807) is 0 Å². The second-order valence-electron chi connectivity index (χ2n) is 5.25. The van der Waals surface area contributed by atoms with E-state index >= 15 is 0 Å². The first-order valence-corrected chi connectivity index (χ1v) is 5.97. The average Bonchev–Trinajstić information content (AvgIpc) is 2.62. The van der Waals surface area contributed by atoms with Gasteiger partial charge in [-0.05, 0) is 52.7 Å². The first kappa shape index (κ1) is 13.5. The summed E-state index contributed by atoms with van der Waals surface area (Å²) >= 11 is 0. The molecule has 1 N–H and O–H groups in total. The summed E-state index contributed by atoms with van der Waals surface area (Å²) < 4.78 is 4.74. The Morgan fingerprint density at radius 3 is 2.75 bits per heavy atom. The zero-order chi connectivity index (χ0) is 12.2. The standard InChI is InChI=1S/C12H24N2O2/c1-12(2,11(15)16-4)13-7-5-10-6-8-14(3)9-10/h10,13H,5-9H2,1-4H3. The van der Waals surface area contributed by atoms with Crippen LogP contribution in [0.25, 0.3) is 0 Å². The number of ether oxygens (including phenoxy) is 1. The highest BCUT2D eigenvalue weighted by molar-refractivity contribution is 5.79. The molecule has 1 unspecified atom stereocenters. The van der Waals surface area contributed by atoms with Crippen LogP contribution < -0.4 is 5.32 Å². The number of nitrogens with zero attached hydrogens (tertiary/aromatic N) is 1. The minimum absolute atomic E-state index is 0.198. The molecule has 1 aliphatic rings. The van der Waals surface area contributed by atoms with Crippen molar-refractivity contribution in [1.29, 1.82) is 0 Å². The van der Waals surface area contributed by atoms with Gasteiger partial charge >= 0.3 is 5.97 Å². The highest BCUT2D eigenvalue weighted by Crippen LogP contribution is 2.17. The van der Waals surface area contributed by atoms with Crippen LogP contribution in [-0.4, -0.2) is 50.2 Å². The highest BCUT2D eigenvalue weighted by Gasteiger charge is 2.28. The largest absolute Gasteiger partial charge is 0.468 e. The topological polar surface area (TPSA) is 41.6 Å². The van der Waals surface area contributed by atoms with Gasteiger partial charge in [0.25, 0.3) is 0 Å². The molecule has 1 saturated heterocycles. The van der Waals surface area contributed by atoms with Crippen molar-refractivity contribution in [1.82, 2.24) is 10.2 Å². The summed E-state index contributed by atoms with van der Waals surface area (Å²) in [5.74, 6) is 0.571. The molecule has 0 aliphatic carbocycles. The number of likely N-dealkylation sites (tertiary alicyclic amines) is 1. The SMILES string of the molecule is COC(=O)C(C)(C)NCCC1CCN(C)C1. The fraction of sp³-hybridized carbons (Fsp3) is 0.917. The molecule has 0 radical (unpaired) electrons. The Morgan fingerprint density at radius 2 is 2.25 bits per heavy atom. The number of esters is 1. The summed E-state index contributed by atoms with van der Waals surface area (Å²) in [5.41, 5.74) is -0.570. The van der Waals surface area contributed by atoms with Crippen LogP contribution in [0.4, 0.5) is 0 Å². The predicted molar refractivity (Wildman–Crippen MR) is 64.3 cm³/mol. The van der Waals surface area contributed by atoms with Crippen LogP contribution in [0.3, 0.4) is 0 Å². The van der Waals surface area contributed by atoms with E-state index in [1.807, 2.05) is 13.8 Å². The molecule has 0 spiro atoms. The maximum Gasteiger partial charge on any atom is 0.325 e. The van der Waals surface area contributed by atoms with Gasteiger partial charge in [0.05, 0.1) is 7.11 Å². The molecule has 0 amide bonds. The third-order valence-electron chi connectivity index (χ3n) is 3.30. The second kappa shape index (κ2) is 5.64. The Morgan fingerprint density at radius 1 is 1.56 bits per heavy atom. The molecule has 1 atom stereocenters. The molecule has 1 rings (SSSR count). The molecule has 0 aromatic rings. The molecule has 16 heavy (non-hydrogen) atoms. The van der Waals surface area contributed by atoms with Crippen LogP contribution in [0.15, 0.2) is 0 Å². The Bertz CT molecular complexity index is 241. The molecular formula is C12H24N2O2. The third kappa shape index (κ3) is 3.76. The Balaban J connectivity index is 2.22. The number of methoxy groups -OCH3 is 1. The minimum atomic E-state index is -0.570. The smallest absolute Gasteiger partial charge is 0.325 e. The van der Waals surface area contributed by atoms with Crippen LogP contribution >= 0.6 is 0 Å². The van der Waals surface area contributed by atoms with E-state index in [2.05, 4.69) is 17.3 Å². The first-order valence-electron chi connectivity index (χ1n) is 5.97. The monoisotopic (exact) mass is 228 g/mol. The minimum Gasteiger partial charge on any atom is -0.468 e. The highest BCUT2D eigenvalue weighted by atomic mass is 16.5. The Kier molecular flexibility index (Phi) is 4.74. The van der Waals surface area contributed by atoms with Crippen LogP contribution in [-0.2, 0) is 9.53 Å². The summed E-state index contributed by atoms with van der Waals surface area (Å²) in [7, 11) is 3.59. The first-order chi connectivity index (χ1) is 7.45. The molecule has 94 valence electrons. The number of hydrogen-bond donors (Lipinski definition) is 1. The van der Waals surface area contributed by atoms with Crippen molar-refractivity contribution in [3.63, 3.8) is 0 Å². The average molecular weight is 228 g/mol. The van der Waals surface area contributed by atoms with Gasteiger partial charge in [0.1, 0.15) is 5.54 Å². The van der Waals surface area contributed by atoms with Gasteiger partial charge < -0.3 is 15.0 Å². The van der Waals surface area contributed by atoms with E-state index in [0.29, 0.717) is 0 Å². The van der Waals surface area contributed by atoms with Crippen LogP contribution in [0.1, 0.15) is 26.7 Å². The van der Waals surface area contributed by atoms with Gasteiger partial charge in [-0.1, -0.05) is 0 Å². The molecule has 1 aliphatic heterocycles. The van der Waals surface area contributed by atoms with Crippen molar-refractivity contribution in [3.8, 4) is 0 Å². The van der Waals surface area contributed by atoms with Crippen LogP contribution in [0.2, 0.25) is 0 Å². The number of nitrogens with one attached hydrogen (secondary N) is 1. The van der Waals surface area contributed by atoms with Gasteiger partial charge in [-0.15, -0.1) is 0 Å². The maximum atomic E-state index is 11.4. The van der Waals surface area contributed by atoms with E-state index in [1.165, 1.54) is 26.6 Å². The van der Waals surface area contributed by atoms with Gasteiger partial charge in [-0.2, -0.15) is 0 Å². The van der Waals surface area contributed by atoms with Crippen molar-refractivity contribution in [2.45, 2.75) is 32.2 Å². The number of rotatable bonds is 5. The Labute approximate surface area is 98.3 Å². The van der Waals surface area contributed by atoms with Gasteiger partial charge in [0.2, 0.25) is 0 Å². The van der Waals surface area contributed by atoms with Crippen molar-refractivity contribution >= 4 is 5.97 Å². The molecule has 4 nitrogen and oxygen atoms in total. The lowest BCUT2D eigenvalue weighted by atomic mass is 10.0. The fourth-order valence-corrected chi connectivity index (χ4v) is 2.18. The summed E-state index contributed by atoms with van der Waals surface area (Å²) in [6.45, 7) is 6.98. The van der Waals surface area contributed by atoms with E-state index in [9.17, 15) is 4.79 Å². The third-order valence-corrected chi connectivity index (χ3v) is 3.30. The van der Waals surface area contributed by atoms with Crippen molar-refractivity contribution < 1.29 is 9.53 Å². The van der Waals surface area contributed by atoms with Gasteiger partial charge in [-0.25, -0.2) is 0 Å². The molecule has 1 heterocycles. The summed E-state index contributed by atoms with van der Waals surface area (Å²) in [4.78, 5) is 13.8. The molecule has 0 aromatic heterocycles. The Hall–Kier alpha value is -0.610. The van der Waals surface area contributed by atoms with E-state index in [0.717, 1.165) is 18.9 Å². The number of hydrogen-bond acceptors (Lipinski definition) is 4. The lowest BCUT2D eigenvalue weighted by molar-refractivity contribution is -0.147. The lowest BCUT2D eigenvalue weighted by Gasteiger charge is -2.24. The van der Waals surface area contributed by atoms with Crippen molar-refractivity contribution in [3.05, 3.63) is 0 Å². The molecule has 0 aromatic carbocycles. The van der Waals surface area contributed by atoms with Gasteiger partial charge in [-0.3, -0.25) is 4.79 Å². The van der Waals surface area contributed by atoms with E-state index < -0.39 is 5.54 Å². The molecule has 0 saturated carbocycles. The van der Waals surface area contributed by atoms with Gasteiger partial charge in [0.15, 0.2) is 0 Å². The summed E-state index contributed by atoms with van der Waals surface area (Å²) in [6, 6.07) is 0. The molecule has 0 bridgehead atoms. The van der Waals surface area contributed by atoms with Crippen LogP contribution in [0.5, 0.6) is 0 Å². The predicted octanol–water partition coefficient (Wildman–Crippen LogP) is 0.869. The molecular weight excluding hydrogens is 204 g/mol. The molecule has 1 fully saturated rings. The summed E-state index contributed by atoms with van der Waals surface area (Å²) in [5, 5.41) is 3.26. The van der Waals surface area contributed by atoms with E-state index in [-0.39, 0.29) is 5.97 Å². The fourth-order valence-electron chi connectivity index (χ4n) is 2.18. The second-order valence-corrected chi connectivity index (χ2v) is 5.25. The quantitative estimate of drug-likeness (QED) is 0.709. The zero-order valence-corrected chi connectivity index (χ0v) is 10.9. The number of carbonyl (C=O) groups excluding carboxylic acids is 1. The zero-order valence-electron chi connectivity index (χ0n) is 10.9. The summed E-state index contributed by atoms with van der Waals surface area (Å²) in [6.07, 6.45) is 2.40. The molecule has 4 heteroatoms. The van der Waals surface area contributed by atoms with E-state index in [4.69, 9.17) is 4.74 Å². The number of carbonyl (C=O) groups is 1. The lowest BCUT2D eigenvalue weighted by Crippen LogP contribution is -2.48. The van der Waals surface area contributed by atoms with Crippen molar-refractivity contribution in [2.75, 3.05) is 33.8 Å². The van der Waals surface area contributed by atoms with Crippen LogP contribution in [0, 0.1) is 5.92 Å². The maximum absolute atomic E-state index is 11.4. The normalized spacial score (nSPS) is 22.4.